The van der Waals surface area contributed by atoms with Crippen LogP contribution >= 0.6 is 0 Å². The van der Waals surface area contributed by atoms with E-state index >= 15 is 0 Å². The van der Waals surface area contributed by atoms with E-state index in [1.54, 1.807) is 22.9 Å². The maximum absolute atomic E-state index is 13.8. The van der Waals surface area contributed by atoms with Gasteiger partial charge in [0.25, 0.3) is 5.91 Å². The maximum atomic E-state index is 13.8. The van der Waals surface area contributed by atoms with Crippen LogP contribution in [0, 0.1) is 29.1 Å². The smallest absolute Gasteiger partial charge is 0.289 e. The van der Waals surface area contributed by atoms with E-state index in [2.05, 4.69) is 31.1 Å². The molecular weight excluding hydrogens is 556 g/mol. The largest absolute Gasteiger partial charge is 0.349 e. The van der Waals surface area contributed by atoms with Crippen molar-refractivity contribution in [2.45, 2.75) is 90.8 Å². The molecule has 0 bridgehead atoms. The third-order valence-corrected chi connectivity index (χ3v) is 10.3. The highest BCUT2D eigenvalue weighted by Crippen LogP contribution is 2.65. The lowest BCUT2D eigenvalue weighted by Gasteiger charge is -2.35. The molecule has 44 heavy (non-hydrogen) atoms. The van der Waals surface area contributed by atoms with Gasteiger partial charge in [-0.05, 0) is 54.4 Å². The summed E-state index contributed by atoms with van der Waals surface area (Å²) in [7, 11) is 1.70. The molecule has 1 aromatic carbocycles. The van der Waals surface area contributed by atoms with Gasteiger partial charge in [0.2, 0.25) is 23.5 Å². The quantitative estimate of drug-likeness (QED) is 0.247. The first kappa shape index (κ1) is 33.4. The summed E-state index contributed by atoms with van der Waals surface area (Å²) >= 11 is 0. The SMILES string of the molecule is C=CCCC(NC(=O)[C@@H]1[C@@H]2[C@H](CN1C(=O)[C@@H](C)C1CCCCC1)C2(C)C)C(=O)C(=O)NCCC(=O)N(C)Cc1ccccc1. The van der Waals surface area contributed by atoms with Gasteiger partial charge in [0.15, 0.2) is 0 Å². The standard InChI is InChI=1S/C35H50N4O5/c1-6-7-18-27(31(41)33(43)36-20-19-28(40)38(5)21-24-14-10-8-11-15-24)37-32(42)30-29-26(35(29,3)4)22-39(30)34(44)23(2)25-16-12-9-13-17-25/h6,8,10-11,14-15,23,25-27,29-30H,1,7,9,12-13,16-22H2,2-5H3,(H,36,43)(H,37,42)/t23-,26-,27?,29-,30-/m0/s1. The Morgan fingerprint density at radius 1 is 1.09 bits per heavy atom. The number of likely N-dealkylation sites (tertiary alicyclic amines) is 1. The first-order chi connectivity index (χ1) is 21.0. The number of benzene rings is 1. The van der Waals surface area contributed by atoms with Gasteiger partial charge < -0.3 is 20.4 Å². The average Bonchev–Trinajstić information content (AvgIpc) is 3.33. The molecule has 3 aliphatic rings. The summed E-state index contributed by atoms with van der Waals surface area (Å²) in [5, 5.41) is 5.41. The molecule has 2 saturated carbocycles. The molecule has 1 heterocycles. The second-order valence-electron chi connectivity index (χ2n) is 13.6. The molecule has 0 radical (unpaired) electrons. The fourth-order valence-electron chi connectivity index (χ4n) is 7.39. The second-order valence-corrected chi connectivity index (χ2v) is 13.6. The molecule has 3 fully saturated rings. The van der Waals surface area contributed by atoms with Crippen molar-refractivity contribution in [3.05, 3.63) is 48.6 Å². The van der Waals surface area contributed by atoms with Crippen LogP contribution in [0.3, 0.4) is 0 Å². The number of carbonyl (C=O) groups excluding carboxylic acids is 5. The Bertz CT molecular complexity index is 1220. The Balaban J connectivity index is 1.36. The predicted molar refractivity (Wildman–Crippen MR) is 169 cm³/mol. The molecule has 2 N–H and O–H groups in total. The van der Waals surface area contributed by atoms with Gasteiger partial charge in [-0.15, -0.1) is 6.58 Å². The van der Waals surface area contributed by atoms with Gasteiger partial charge in [0.1, 0.15) is 6.04 Å². The number of fused-ring (bicyclic) bond motifs is 1. The number of Topliss-reactive ketones (excluding diaryl/α,β-unsaturated/α-hetero) is 1. The number of nitrogens with one attached hydrogen (secondary N) is 2. The number of hydrogen-bond donors (Lipinski definition) is 2. The first-order valence-corrected chi connectivity index (χ1v) is 16.3. The Hall–Kier alpha value is -3.49. The monoisotopic (exact) mass is 606 g/mol. The van der Waals surface area contributed by atoms with E-state index in [1.807, 2.05) is 37.3 Å². The Morgan fingerprint density at radius 2 is 1.77 bits per heavy atom. The third-order valence-electron chi connectivity index (χ3n) is 10.3. The zero-order valence-electron chi connectivity index (χ0n) is 26.8. The summed E-state index contributed by atoms with van der Waals surface area (Å²) in [5.74, 6) is -1.67. The van der Waals surface area contributed by atoms with Crippen molar-refractivity contribution < 1.29 is 24.0 Å². The minimum Gasteiger partial charge on any atom is -0.349 e. The van der Waals surface area contributed by atoms with Crippen molar-refractivity contribution in [3.8, 4) is 0 Å². The molecule has 1 aliphatic heterocycles. The van der Waals surface area contributed by atoms with Gasteiger partial charge >= 0.3 is 0 Å². The van der Waals surface area contributed by atoms with Gasteiger partial charge in [-0.1, -0.05) is 76.4 Å². The molecule has 1 saturated heterocycles. The molecule has 5 atom stereocenters. The van der Waals surface area contributed by atoms with Gasteiger partial charge in [0, 0.05) is 39.0 Å². The number of amides is 4. The van der Waals surface area contributed by atoms with Crippen molar-refractivity contribution in [2.24, 2.45) is 29.1 Å². The van der Waals surface area contributed by atoms with Crippen LogP contribution in [0.5, 0.6) is 0 Å². The molecule has 0 spiro atoms. The number of nitrogens with zero attached hydrogens (tertiary/aromatic N) is 2. The van der Waals surface area contributed by atoms with E-state index in [-0.39, 0.29) is 60.3 Å². The van der Waals surface area contributed by atoms with Gasteiger partial charge in [-0.3, -0.25) is 24.0 Å². The fraction of sp³-hybridized carbons (Fsp3) is 0.629. The molecule has 9 nitrogen and oxygen atoms in total. The van der Waals surface area contributed by atoms with Gasteiger partial charge in [-0.25, -0.2) is 0 Å². The summed E-state index contributed by atoms with van der Waals surface area (Å²) in [5.41, 5.74) is 0.931. The van der Waals surface area contributed by atoms with E-state index in [0.29, 0.717) is 25.4 Å². The van der Waals surface area contributed by atoms with Gasteiger partial charge in [-0.2, -0.15) is 0 Å². The number of hydrogen-bond acceptors (Lipinski definition) is 5. The van der Waals surface area contributed by atoms with Crippen LogP contribution in [0.1, 0.15) is 77.7 Å². The van der Waals surface area contributed by atoms with E-state index in [9.17, 15) is 24.0 Å². The summed E-state index contributed by atoms with van der Waals surface area (Å²) in [6.07, 6.45) is 7.89. The topological polar surface area (TPSA) is 116 Å². The lowest BCUT2D eigenvalue weighted by molar-refractivity contribution is -0.146. The van der Waals surface area contributed by atoms with Crippen LogP contribution in [0.4, 0.5) is 0 Å². The van der Waals surface area contributed by atoms with Crippen LogP contribution in [-0.4, -0.2) is 71.4 Å². The second kappa shape index (κ2) is 14.5. The Labute approximate surface area is 262 Å². The lowest BCUT2D eigenvalue weighted by atomic mass is 9.80. The van der Waals surface area contributed by atoms with E-state index in [1.165, 1.54) is 6.42 Å². The summed E-state index contributed by atoms with van der Waals surface area (Å²) in [6.45, 7) is 11.0. The van der Waals surface area contributed by atoms with E-state index < -0.39 is 23.8 Å². The highest BCUT2D eigenvalue weighted by atomic mass is 16.2. The first-order valence-electron chi connectivity index (χ1n) is 16.3. The summed E-state index contributed by atoms with van der Waals surface area (Å²) < 4.78 is 0. The zero-order chi connectivity index (χ0) is 32.0. The minimum atomic E-state index is -1.05. The van der Waals surface area contributed by atoms with Crippen molar-refractivity contribution >= 4 is 29.4 Å². The molecule has 1 aromatic rings. The van der Waals surface area contributed by atoms with E-state index in [4.69, 9.17) is 0 Å². The van der Waals surface area contributed by atoms with Crippen LogP contribution in [0.25, 0.3) is 0 Å². The summed E-state index contributed by atoms with van der Waals surface area (Å²) in [4.78, 5) is 69.6. The molecule has 240 valence electrons. The Kier molecular flexibility index (Phi) is 11.0. The Morgan fingerprint density at radius 3 is 2.43 bits per heavy atom. The molecular formula is C35H50N4O5. The van der Waals surface area contributed by atoms with Crippen LogP contribution in [-0.2, 0) is 30.5 Å². The minimum absolute atomic E-state index is 0.00651. The van der Waals surface area contributed by atoms with E-state index in [0.717, 1.165) is 31.2 Å². The number of rotatable bonds is 14. The molecule has 0 aromatic heterocycles. The van der Waals surface area contributed by atoms with Crippen LogP contribution in [0.15, 0.2) is 43.0 Å². The van der Waals surface area contributed by atoms with Crippen LogP contribution < -0.4 is 10.6 Å². The van der Waals surface area contributed by atoms with Crippen molar-refractivity contribution in [1.29, 1.82) is 0 Å². The summed E-state index contributed by atoms with van der Waals surface area (Å²) in [6, 6.07) is 7.89. The van der Waals surface area contributed by atoms with Crippen molar-refractivity contribution in [3.63, 3.8) is 0 Å². The highest BCUT2D eigenvalue weighted by Gasteiger charge is 2.69. The van der Waals surface area contributed by atoms with Crippen LogP contribution in [0.2, 0.25) is 0 Å². The van der Waals surface area contributed by atoms with Crippen molar-refractivity contribution in [1.82, 2.24) is 20.4 Å². The zero-order valence-corrected chi connectivity index (χ0v) is 26.8. The number of ketones is 1. The third kappa shape index (κ3) is 7.59. The number of carbonyl (C=O) groups is 5. The fourth-order valence-corrected chi connectivity index (χ4v) is 7.39. The number of piperidine rings is 1. The molecule has 4 amide bonds. The number of allylic oxidation sites excluding steroid dienone is 1. The predicted octanol–water partition coefficient (Wildman–Crippen LogP) is 3.87. The molecule has 4 rings (SSSR count). The normalized spacial score (nSPS) is 23.5. The molecule has 9 heteroatoms. The maximum Gasteiger partial charge on any atom is 0.289 e. The van der Waals surface area contributed by atoms with Gasteiger partial charge in [0.05, 0.1) is 6.04 Å². The molecule has 2 aliphatic carbocycles. The average molecular weight is 607 g/mol. The lowest BCUT2D eigenvalue weighted by Crippen LogP contribution is -2.56. The highest BCUT2D eigenvalue weighted by molar-refractivity contribution is 6.38. The van der Waals surface area contributed by atoms with Crippen molar-refractivity contribution in [2.75, 3.05) is 20.1 Å². The molecule has 1 unspecified atom stereocenters.